The van der Waals surface area contributed by atoms with Crippen molar-refractivity contribution in [3.8, 4) is 11.1 Å². The molecule has 1 aliphatic heterocycles. The van der Waals surface area contributed by atoms with E-state index < -0.39 is 16.0 Å². The molecule has 0 radical (unpaired) electrons. The molecule has 0 saturated carbocycles. The van der Waals surface area contributed by atoms with E-state index in [1.54, 1.807) is 12.3 Å². The van der Waals surface area contributed by atoms with E-state index in [0.717, 1.165) is 22.6 Å². The molecule has 8 heteroatoms. The minimum absolute atomic E-state index is 0.0137. The fraction of sp³-hybridized carbons (Fsp3) is 0.320. The Morgan fingerprint density at radius 3 is 2.55 bits per heavy atom. The topological polar surface area (TPSA) is 66.9 Å². The number of anilines is 1. The van der Waals surface area contributed by atoms with E-state index in [1.807, 2.05) is 56.3 Å². The first-order valence-electron chi connectivity index (χ1n) is 11.0. The van der Waals surface area contributed by atoms with Gasteiger partial charge in [0, 0.05) is 42.3 Å². The van der Waals surface area contributed by atoms with E-state index in [1.165, 1.54) is 9.87 Å². The predicted molar refractivity (Wildman–Crippen MR) is 132 cm³/mol. The number of sulfonamides is 1. The number of hydrogen-bond acceptors (Lipinski definition) is 6. The van der Waals surface area contributed by atoms with Crippen LogP contribution in [0.25, 0.3) is 11.1 Å². The Bertz CT molecular complexity index is 1240. The largest absolute Gasteiger partial charge is 0.462 e. The van der Waals surface area contributed by atoms with Crippen molar-refractivity contribution in [1.29, 1.82) is 0 Å². The first kappa shape index (κ1) is 23.5. The first-order chi connectivity index (χ1) is 15.8. The second-order valence-electron chi connectivity index (χ2n) is 8.14. The van der Waals surface area contributed by atoms with Crippen LogP contribution in [0.1, 0.15) is 29.1 Å². The highest BCUT2D eigenvalue weighted by Crippen LogP contribution is 2.38. The summed E-state index contributed by atoms with van der Waals surface area (Å²) in [5, 5.41) is 1.74. The van der Waals surface area contributed by atoms with Crippen molar-refractivity contribution in [2.45, 2.75) is 31.7 Å². The van der Waals surface area contributed by atoms with E-state index in [4.69, 9.17) is 4.74 Å². The molecule has 6 nitrogen and oxygen atoms in total. The van der Waals surface area contributed by atoms with Crippen LogP contribution < -0.4 is 4.90 Å². The number of ether oxygens (including phenoxy) is 1. The molecule has 174 valence electrons. The fourth-order valence-corrected chi connectivity index (χ4v) is 7.38. The summed E-state index contributed by atoms with van der Waals surface area (Å²) in [7, 11) is -3.92. The van der Waals surface area contributed by atoms with E-state index in [2.05, 4.69) is 17.0 Å². The third-order valence-corrected chi connectivity index (χ3v) is 8.85. The average Bonchev–Trinajstić information content (AvgIpc) is 3.26. The SMILES string of the molecule is CCOC(=O)c1scc(-c2ccccc2)c1S(=O)(=O)N1CCN(c2cccc(C)c2)C(C)C1. The molecule has 1 aromatic heterocycles. The smallest absolute Gasteiger partial charge is 0.349 e. The Morgan fingerprint density at radius 1 is 1.12 bits per heavy atom. The second kappa shape index (κ2) is 9.67. The van der Waals surface area contributed by atoms with Crippen molar-refractivity contribution in [1.82, 2.24) is 4.31 Å². The van der Waals surface area contributed by atoms with Crippen LogP contribution in [0.2, 0.25) is 0 Å². The number of esters is 1. The van der Waals surface area contributed by atoms with Gasteiger partial charge in [-0.05, 0) is 44.0 Å². The number of piperazine rings is 1. The highest BCUT2D eigenvalue weighted by Gasteiger charge is 2.38. The van der Waals surface area contributed by atoms with Crippen molar-refractivity contribution < 1.29 is 17.9 Å². The van der Waals surface area contributed by atoms with Crippen LogP contribution in [0.3, 0.4) is 0 Å². The Balaban J connectivity index is 1.70. The number of rotatable bonds is 6. The summed E-state index contributed by atoms with van der Waals surface area (Å²) in [6.07, 6.45) is 0. The van der Waals surface area contributed by atoms with Crippen LogP contribution in [-0.2, 0) is 14.8 Å². The van der Waals surface area contributed by atoms with Gasteiger partial charge < -0.3 is 9.64 Å². The number of hydrogen-bond donors (Lipinski definition) is 0. The van der Waals surface area contributed by atoms with Gasteiger partial charge in [0.2, 0.25) is 10.0 Å². The molecule has 1 aliphatic rings. The minimum Gasteiger partial charge on any atom is -0.462 e. The Kier molecular flexibility index (Phi) is 6.88. The summed E-state index contributed by atoms with van der Waals surface area (Å²) < 4.78 is 34.5. The lowest BCUT2D eigenvalue weighted by molar-refractivity contribution is 0.0528. The maximum atomic E-state index is 13.9. The van der Waals surface area contributed by atoms with Gasteiger partial charge in [0.15, 0.2) is 0 Å². The maximum absolute atomic E-state index is 13.9. The van der Waals surface area contributed by atoms with Crippen molar-refractivity contribution in [3.63, 3.8) is 0 Å². The summed E-state index contributed by atoms with van der Waals surface area (Å²) in [5.74, 6) is -0.602. The third kappa shape index (κ3) is 4.69. The molecule has 33 heavy (non-hydrogen) atoms. The monoisotopic (exact) mass is 484 g/mol. The zero-order chi connectivity index (χ0) is 23.6. The number of aryl methyl sites for hydroxylation is 1. The molecule has 1 unspecified atom stereocenters. The third-order valence-electron chi connectivity index (χ3n) is 5.81. The number of nitrogens with zero attached hydrogens (tertiary/aromatic N) is 2. The van der Waals surface area contributed by atoms with E-state index in [-0.39, 0.29) is 22.4 Å². The van der Waals surface area contributed by atoms with E-state index >= 15 is 0 Å². The highest BCUT2D eigenvalue weighted by molar-refractivity contribution is 7.89. The van der Waals surface area contributed by atoms with Gasteiger partial charge in [-0.1, -0.05) is 42.5 Å². The van der Waals surface area contributed by atoms with E-state index in [9.17, 15) is 13.2 Å². The Hall–Kier alpha value is -2.68. The minimum atomic E-state index is -3.92. The summed E-state index contributed by atoms with van der Waals surface area (Å²) in [4.78, 5) is 15.1. The van der Waals surface area contributed by atoms with Crippen molar-refractivity contribution >= 4 is 33.0 Å². The van der Waals surface area contributed by atoms with Gasteiger partial charge in [-0.25, -0.2) is 13.2 Å². The Morgan fingerprint density at radius 2 is 1.88 bits per heavy atom. The lowest BCUT2D eigenvalue weighted by Crippen LogP contribution is -2.53. The number of thiophene rings is 1. The average molecular weight is 485 g/mol. The first-order valence-corrected chi connectivity index (χ1v) is 13.3. The van der Waals surface area contributed by atoms with Gasteiger partial charge in [-0.2, -0.15) is 4.31 Å². The van der Waals surface area contributed by atoms with Crippen molar-refractivity contribution in [2.24, 2.45) is 0 Å². The summed E-state index contributed by atoms with van der Waals surface area (Å²) >= 11 is 1.12. The van der Waals surface area contributed by atoms with Crippen LogP contribution in [0, 0.1) is 6.92 Å². The number of carbonyl (C=O) groups excluding carboxylic acids is 1. The molecule has 2 heterocycles. The quantitative estimate of drug-likeness (QED) is 0.470. The molecule has 1 fully saturated rings. The molecule has 3 aromatic rings. The molecule has 1 atom stereocenters. The van der Waals surface area contributed by atoms with Crippen LogP contribution in [0.15, 0.2) is 64.9 Å². The lowest BCUT2D eigenvalue weighted by Gasteiger charge is -2.40. The molecular weight excluding hydrogens is 456 g/mol. The maximum Gasteiger partial charge on any atom is 0.349 e. The molecule has 2 aromatic carbocycles. The number of benzene rings is 2. The summed E-state index contributed by atoms with van der Waals surface area (Å²) in [6, 6.07) is 17.5. The van der Waals surface area contributed by atoms with Crippen LogP contribution >= 0.6 is 11.3 Å². The van der Waals surface area contributed by atoms with Crippen LogP contribution in [0.4, 0.5) is 5.69 Å². The number of carbonyl (C=O) groups is 1. The lowest BCUT2D eigenvalue weighted by atomic mass is 10.1. The molecular formula is C25H28N2O4S2. The molecule has 0 bridgehead atoms. The predicted octanol–water partition coefficient (Wildman–Crippen LogP) is 4.80. The van der Waals surface area contributed by atoms with Gasteiger partial charge in [-0.15, -0.1) is 11.3 Å². The molecule has 0 N–H and O–H groups in total. The standard InChI is InChI=1S/C25H28N2O4S2/c1-4-31-25(28)23-24(22(17-32-23)20-10-6-5-7-11-20)33(29,30)26-13-14-27(19(3)16-26)21-12-8-9-18(2)15-21/h5-12,15,17,19H,4,13-14,16H2,1-3H3. The molecule has 0 spiro atoms. The zero-order valence-corrected chi connectivity index (χ0v) is 20.7. The van der Waals surface area contributed by atoms with Gasteiger partial charge in [0.25, 0.3) is 0 Å². The molecule has 4 rings (SSSR count). The van der Waals surface area contributed by atoms with Gasteiger partial charge in [0.05, 0.1) is 6.61 Å². The fourth-order valence-electron chi connectivity index (χ4n) is 4.22. The van der Waals surface area contributed by atoms with Crippen molar-refractivity contribution in [2.75, 3.05) is 31.1 Å². The summed E-state index contributed by atoms with van der Waals surface area (Å²) in [5.41, 5.74) is 3.55. The summed E-state index contributed by atoms with van der Waals surface area (Å²) in [6.45, 7) is 7.22. The zero-order valence-electron chi connectivity index (χ0n) is 19.0. The normalized spacial score (nSPS) is 17.2. The van der Waals surface area contributed by atoms with Crippen LogP contribution in [-0.4, -0.2) is 51.0 Å². The highest BCUT2D eigenvalue weighted by atomic mass is 32.2. The van der Waals surface area contributed by atoms with Gasteiger partial charge >= 0.3 is 5.97 Å². The molecule has 0 amide bonds. The molecule has 0 aliphatic carbocycles. The second-order valence-corrected chi connectivity index (χ2v) is 10.9. The van der Waals surface area contributed by atoms with Gasteiger partial charge in [0.1, 0.15) is 9.77 Å². The Labute approximate surface area is 199 Å². The van der Waals surface area contributed by atoms with Crippen molar-refractivity contribution in [3.05, 3.63) is 70.4 Å². The van der Waals surface area contributed by atoms with E-state index in [0.29, 0.717) is 25.2 Å². The molecule has 1 saturated heterocycles. The van der Waals surface area contributed by atoms with Crippen LogP contribution in [0.5, 0.6) is 0 Å². The van der Waals surface area contributed by atoms with Gasteiger partial charge in [-0.3, -0.25) is 0 Å².